The molecule has 0 spiro atoms. The number of ether oxygens (including phenoxy) is 1. The number of rotatable bonds is 0. The summed E-state index contributed by atoms with van der Waals surface area (Å²) < 4.78 is 6.90. The van der Waals surface area contributed by atoms with Gasteiger partial charge in [0.25, 0.3) is 0 Å². The first-order valence-electron chi connectivity index (χ1n) is 6.50. The minimum absolute atomic E-state index is 0.431. The Morgan fingerprint density at radius 1 is 1.29 bits per heavy atom. The molecule has 0 aromatic rings. The van der Waals surface area contributed by atoms with Crippen molar-refractivity contribution in [2.45, 2.75) is 39.5 Å². The summed E-state index contributed by atoms with van der Waals surface area (Å²) in [5.41, 5.74) is 4.23. The van der Waals surface area contributed by atoms with E-state index in [1.807, 2.05) is 6.26 Å². The van der Waals surface area contributed by atoms with E-state index in [-0.39, 0.29) is 0 Å². The lowest BCUT2D eigenvalue weighted by Crippen LogP contribution is -2.21. The van der Waals surface area contributed by atoms with Crippen molar-refractivity contribution in [3.05, 3.63) is 33.7 Å². The zero-order valence-corrected chi connectivity index (χ0v) is 11.9. The van der Waals surface area contributed by atoms with Crippen molar-refractivity contribution in [2.75, 3.05) is 0 Å². The molecule has 90 valence electrons. The van der Waals surface area contributed by atoms with Gasteiger partial charge in [-0.25, -0.2) is 0 Å². The summed E-state index contributed by atoms with van der Waals surface area (Å²) in [5, 5.41) is 0. The summed E-state index contributed by atoms with van der Waals surface area (Å²) in [6.07, 6.45) is 9.46. The predicted octanol–water partition coefficient (Wildman–Crippen LogP) is 4.66. The molecule has 3 unspecified atom stereocenters. The largest absolute Gasteiger partial charge is 0.468 e. The van der Waals surface area contributed by atoms with Crippen LogP contribution in [0, 0.1) is 16.7 Å². The molecule has 0 amide bonds. The summed E-state index contributed by atoms with van der Waals surface area (Å²) in [6, 6.07) is 0. The van der Waals surface area contributed by atoms with Crippen LogP contribution >= 0.6 is 15.9 Å². The molecule has 0 aromatic carbocycles. The molecule has 4 rings (SSSR count). The van der Waals surface area contributed by atoms with Gasteiger partial charge in [0.15, 0.2) is 0 Å². The molecule has 3 aliphatic carbocycles. The molecule has 2 bridgehead atoms. The van der Waals surface area contributed by atoms with Gasteiger partial charge in [-0.05, 0) is 48.2 Å². The van der Waals surface area contributed by atoms with Crippen LogP contribution in [0.4, 0.5) is 0 Å². The Morgan fingerprint density at radius 3 is 2.88 bits per heavy atom. The molecule has 1 nitrogen and oxygen atoms in total. The van der Waals surface area contributed by atoms with E-state index in [0.29, 0.717) is 16.7 Å². The Labute approximate surface area is 111 Å². The number of halogens is 1. The molecular weight excluding hydrogens is 276 g/mol. The van der Waals surface area contributed by atoms with Crippen molar-refractivity contribution < 1.29 is 4.74 Å². The lowest BCUT2D eigenvalue weighted by Gasteiger charge is -2.33. The molecule has 0 aromatic heterocycles. The predicted molar refractivity (Wildman–Crippen MR) is 71.4 cm³/mol. The van der Waals surface area contributed by atoms with Crippen molar-refractivity contribution in [2.24, 2.45) is 16.7 Å². The fourth-order valence-corrected chi connectivity index (χ4v) is 4.97. The van der Waals surface area contributed by atoms with Gasteiger partial charge in [-0.1, -0.05) is 35.4 Å². The highest BCUT2D eigenvalue weighted by atomic mass is 79.9. The Morgan fingerprint density at radius 2 is 2.06 bits per heavy atom. The molecule has 1 fully saturated rings. The molecule has 1 heterocycles. The molecule has 2 heteroatoms. The third-order valence-electron chi connectivity index (χ3n) is 5.39. The first-order valence-corrected chi connectivity index (χ1v) is 7.29. The Bertz CT molecular complexity index is 513. The highest BCUT2D eigenvalue weighted by molar-refractivity contribution is 9.11. The van der Waals surface area contributed by atoms with E-state index in [2.05, 4.69) is 35.9 Å². The highest BCUT2D eigenvalue weighted by Crippen LogP contribution is 2.67. The standard InChI is InChI=1S/C15H17BrO/c1-14-3-4-15(2,8-14)11-6-13-9(5-10(11)14)12(16)7-17-13/h6-7,9H,3-5,8H2,1-2H3. The second-order valence-corrected chi connectivity index (χ2v) is 7.53. The number of fused-ring (bicyclic) bond motifs is 5. The fourth-order valence-electron chi connectivity index (χ4n) is 4.49. The smallest absolute Gasteiger partial charge is 0.112 e. The number of allylic oxidation sites excluding steroid dienone is 4. The van der Waals surface area contributed by atoms with Crippen LogP contribution in [-0.2, 0) is 4.74 Å². The second kappa shape index (κ2) is 2.90. The van der Waals surface area contributed by atoms with Crippen LogP contribution in [0.1, 0.15) is 39.5 Å². The first-order chi connectivity index (χ1) is 8.02. The van der Waals surface area contributed by atoms with E-state index in [1.54, 1.807) is 11.1 Å². The van der Waals surface area contributed by atoms with Crippen LogP contribution in [0.25, 0.3) is 0 Å². The van der Waals surface area contributed by atoms with E-state index < -0.39 is 0 Å². The quantitative estimate of drug-likeness (QED) is 0.631. The van der Waals surface area contributed by atoms with E-state index in [9.17, 15) is 0 Å². The van der Waals surface area contributed by atoms with E-state index in [0.717, 1.165) is 5.76 Å². The summed E-state index contributed by atoms with van der Waals surface area (Å²) in [7, 11) is 0. The van der Waals surface area contributed by atoms with Gasteiger partial charge in [0.05, 0.1) is 5.92 Å². The first kappa shape index (κ1) is 10.4. The molecule has 0 N–H and O–H groups in total. The van der Waals surface area contributed by atoms with Crippen LogP contribution in [0.15, 0.2) is 33.7 Å². The van der Waals surface area contributed by atoms with Crippen molar-refractivity contribution in [1.82, 2.24) is 0 Å². The van der Waals surface area contributed by atoms with E-state index in [1.165, 1.54) is 30.2 Å². The van der Waals surface area contributed by atoms with E-state index >= 15 is 0 Å². The molecular formula is C15H17BrO. The minimum atomic E-state index is 0.431. The zero-order valence-electron chi connectivity index (χ0n) is 10.3. The average molecular weight is 293 g/mol. The van der Waals surface area contributed by atoms with Crippen molar-refractivity contribution in [3.8, 4) is 0 Å². The van der Waals surface area contributed by atoms with Gasteiger partial charge >= 0.3 is 0 Å². The van der Waals surface area contributed by atoms with Crippen molar-refractivity contribution in [1.29, 1.82) is 0 Å². The third-order valence-corrected chi connectivity index (χ3v) is 6.13. The van der Waals surface area contributed by atoms with Crippen LogP contribution in [0.2, 0.25) is 0 Å². The minimum Gasteiger partial charge on any atom is -0.468 e. The van der Waals surface area contributed by atoms with Crippen LogP contribution in [0.5, 0.6) is 0 Å². The maximum absolute atomic E-state index is 5.68. The highest BCUT2D eigenvalue weighted by Gasteiger charge is 2.55. The summed E-state index contributed by atoms with van der Waals surface area (Å²) >= 11 is 3.63. The van der Waals surface area contributed by atoms with Gasteiger partial charge in [-0.2, -0.15) is 0 Å². The number of hydrogen-bond acceptors (Lipinski definition) is 1. The van der Waals surface area contributed by atoms with Crippen LogP contribution in [-0.4, -0.2) is 0 Å². The Hall–Kier alpha value is -0.500. The topological polar surface area (TPSA) is 9.23 Å². The summed E-state index contributed by atoms with van der Waals surface area (Å²) in [4.78, 5) is 0. The lowest BCUT2D eigenvalue weighted by molar-refractivity contribution is 0.325. The Kier molecular flexibility index (Phi) is 1.78. The third kappa shape index (κ3) is 1.15. The second-order valence-electron chi connectivity index (χ2n) is 6.61. The van der Waals surface area contributed by atoms with Crippen LogP contribution in [0.3, 0.4) is 0 Å². The normalized spacial score (nSPS) is 46.4. The maximum Gasteiger partial charge on any atom is 0.112 e. The van der Waals surface area contributed by atoms with Gasteiger partial charge in [0, 0.05) is 4.48 Å². The molecule has 1 aliphatic heterocycles. The van der Waals surface area contributed by atoms with Crippen LogP contribution < -0.4 is 0 Å². The molecule has 4 aliphatic rings. The monoisotopic (exact) mass is 292 g/mol. The van der Waals surface area contributed by atoms with Crippen molar-refractivity contribution in [3.63, 3.8) is 0 Å². The Balaban J connectivity index is 1.85. The van der Waals surface area contributed by atoms with Gasteiger partial charge in [0.2, 0.25) is 0 Å². The average Bonchev–Trinajstić information content (AvgIpc) is 2.87. The summed E-state index contributed by atoms with van der Waals surface area (Å²) in [6.45, 7) is 4.90. The van der Waals surface area contributed by atoms with Gasteiger partial charge in [0.1, 0.15) is 12.0 Å². The fraction of sp³-hybridized carbons (Fsp3) is 0.600. The molecule has 1 saturated carbocycles. The molecule has 17 heavy (non-hydrogen) atoms. The van der Waals surface area contributed by atoms with Gasteiger partial charge < -0.3 is 4.74 Å². The molecule has 0 radical (unpaired) electrons. The maximum atomic E-state index is 5.68. The zero-order chi connectivity index (χ0) is 11.8. The lowest BCUT2D eigenvalue weighted by atomic mass is 9.72. The van der Waals surface area contributed by atoms with E-state index in [4.69, 9.17) is 4.74 Å². The summed E-state index contributed by atoms with van der Waals surface area (Å²) in [5.74, 6) is 1.63. The number of hydrogen-bond donors (Lipinski definition) is 0. The van der Waals surface area contributed by atoms with Gasteiger partial charge in [-0.3, -0.25) is 0 Å². The van der Waals surface area contributed by atoms with Gasteiger partial charge in [-0.15, -0.1) is 0 Å². The SMILES string of the molecule is CC12CCC(C)(C1)C1=C2C=C2OC=C(Br)C2C1. The molecule has 3 atom stereocenters. The molecule has 0 saturated heterocycles. The van der Waals surface area contributed by atoms with Crippen molar-refractivity contribution >= 4 is 15.9 Å².